The Labute approximate surface area is 126 Å². The first kappa shape index (κ1) is 14.2. The largest absolute Gasteiger partial charge is 0.490 e. The minimum absolute atomic E-state index is 0.333. The first-order valence-corrected chi connectivity index (χ1v) is 7.57. The molecule has 0 saturated heterocycles. The molecular formula is C19H22O2. The van der Waals surface area contributed by atoms with Crippen LogP contribution in [0.5, 0.6) is 5.75 Å². The minimum atomic E-state index is -0.546. The Kier molecular flexibility index (Phi) is 3.73. The average molecular weight is 282 g/mol. The summed E-state index contributed by atoms with van der Waals surface area (Å²) < 4.78 is 5.75. The molecule has 2 aromatic carbocycles. The van der Waals surface area contributed by atoms with E-state index in [1.54, 1.807) is 0 Å². The summed E-state index contributed by atoms with van der Waals surface area (Å²) in [5.74, 6) is 0.894. The normalized spacial score (nSPS) is 16.5. The van der Waals surface area contributed by atoms with Crippen molar-refractivity contribution in [1.82, 2.24) is 0 Å². The summed E-state index contributed by atoms with van der Waals surface area (Å²) in [7, 11) is 0. The van der Waals surface area contributed by atoms with Crippen molar-refractivity contribution in [3.63, 3.8) is 0 Å². The Bertz CT molecular complexity index is 583. The lowest BCUT2D eigenvalue weighted by molar-refractivity contribution is 0.100. The van der Waals surface area contributed by atoms with Gasteiger partial charge in [-0.3, -0.25) is 0 Å². The predicted octanol–water partition coefficient (Wildman–Crippen LogP) is 4.24. The maximum Gasteiger partial charge on any atom is 0.119 e. The zero-order chi connectivity index (χ0) is 14.9. The Balaban J connectivity index is 1.78. The lowest BCUT2D eigenvalue weighted by atomic mass is 9.77. The molecule has 0 radical (unpaired) electrons. The smallest absolute Gasteiger partial charge is 0.119 e. The highest BCUT2D eigenvalue weighted by Crippen LogP contribution is 2.37. The van der Waals surface area contributed by atoms with E-state index in [1.165, 1.54) is 0 Å². The van der Waals surface area contributed by atoms with Crippen molar-refractivity contribution in [2.75, 3.05) is 0 Å². The van der Waals surface area contributed by atoms with Gasteiger partial charge in [0.1, 0.15) is 5.75 Å². The first-order valence-electron chi connectivity index (χ1n) is 7.57. The fourth-order valence-corrected chi connectivity index (χ4v) is 2.55. The van der Waals surface area contributed by atoms with E-state index in [0.717, 1.165) is 29.7 Å². The summed E-state index contributed by atoms with van der Waals surface area (Å²) in [5, 5.41) is 10.7. The number of aliphatic hydroxyl groups is 1. The number of hydrogen-bond donors (Lipinski definition) is 1. The molecule has 1 unspecified atom stereocenters. The molecule has 2 aromatic rings. The van der Waals surface area contributed by atoms with Gasteiger partial charge in [-0.05, 0) is 36.1 Å². The third-order valence-corrected chi connectivity index (χ3v) is 4.22. The minimum Gasteiger partial charge on any atom is -0.490 e. The fraction of sp³-hybridized carbons (Fsp3) is 0.368. The zero-order valence-corrected chi connectivity index (χ0v) is 12.6. The molecule has 2 heteroatoms. The molecule has 1 fully saturated rings. The summed E-state index contributed by atoms with van der Waals surface area (Å²) in [5.41, 5.74) is 1.72. The van der Waals surface area contributed by atoms with E-state index < -0.39 is 6.10 Å². The molecule has 110 valence electrons. The van der Waals surface area contributed by atoms with E-state index in [0.29, 0.717) is 6.10 Å². The molecule has 1 N–H and O–H groups in total. The van der Waals surface area contributed by atoms with Crippen LogP contribution in [0.2, 0.25) is 0 Å². The molecule has 2 nitrogen and oxygen atoms in total. The maximum atomic E-state index is 10.7. The van der Waals surface area contributed by atoms with E-state index in [4.69, 9.17) is 4.74 Å². The van der Waals surface area contributed by atoms with Crippen molar-refractivity contribution in [2.45, 2.75) is 44.3 Å². The Morgan fingerprint density at radius 3 is 2.19 bits per heavy atom. The highest BCUT2D eigenvalue weighted by molar-refractivity contribution is 5.34. The van der Waals surface area contributed by atoms with Crippen molar-refractivity contribution in [3.8, 4) is 5.75 Å². The number of rotatable bonds is 5. The van der Waals surface area contributed by atoms with Gasteiger partial charge in [0.2, 0.25) is 0 Å². The van der Waals surface area contributed by atoms with E-state index in [9.17, 15) is 5.11 Å². The lowest BCUT2D eigenvalue weighted by Gasteiger charge is -2.31. The molecule has 1 atom stereocenters. The van der Waals surface area contributed by atoms with Gasteiger partial charge in [-0.15, -0.1) is 0 Å². The lowest BCUT2D eigenvalue weighted by Crippen LogP contribution is -2.26. The van der Waals surface area contributed by atoms with Gasteiger partial charge in [-0.2, -0.15) is 0 Å². The summed E-state index contributed by atoms with van der Waals surface area (Å²) in [6, 6.07) is 18.0. The van der Waals surface area contributed by atoms with Crippen LogP contribution in [-0.2, 0) is 5.41 Å². The van der Waals surface area contributed by atoms with Crippen molar-refractivity contribution >= 4 is 0 Å². The van der Waals surface area contributed by atoms with E-state index in [1.807, 2.05) is 42.5 Å². The molecule has 1 aliphatic rings. The topological polar surface area (TPSA) is 29.5 Å². The van der Waals surface area contributed by atoms with Gasteiger partial charge in [0.05, 0.1) is 12.2 Å². The van der Waals surface area contributed by atoms with Gasteiger partial charge in [0.15, 0.2) is 0 Å². The van der Waals surface area contributed by atoms with E-state index in [-0.39, 0.29) is 5.41 Å². The molecular weight excluding hydrogens is 260 g/mol. The van der Waals surface area contributed by atoms with Crippen LogP contribution in [0.3, 0.4) is 0 Å². The van der Waals surface area contributed by atoms with Gasteiger partial charge < -0.3 is 9.84 Å². The quantitative estimate of drug-likeness (QED) is 0.889. The van der Waals surface area contributed by atoms with Crippen LogP contribution in [0, 0.1) is 0 Å². The van der Waals surface area contributed by atoms with Crippen molar-refractivity contribution in [3.05, 3.63) is 65.7 Å². The highest BCUT2D eigenvalue weighted by atomic mass is 16.5. The van der Waals surface area contributed by atoms with Crippen LogP contribution in [0.1, 0.15) is 43.9 Å². The molecule has 1 saturated carbocycles. The SMILES string of the molecule is CC(C)(c1ccccc1)C(O)c1ccc(OC2CC2)cc1. The highest BCUT2D eigenvalue weighted by Gasteiger charge is 2.31. The molecule has 3 rings (SSSR count). The fourth-order valence-electron chi connectivity index (χ4n) is 2.55. The summed E-state index contributed by atoms with van der Waals surface area (Å²) in [6.07, 6.45) is 2.17. The molecule has 21 heavy (non-hydrogen) atoms. The van der Waals surface area contributed by atoms with Gasteiger partial charge in [-0.25, -0.2) is 0 Å². The second-order valence-electron chi connectivity index (χ2n) is 6.38. The van der Waals surface area contributed by atoms with E-state index >= 15 is 0 Å². The standard InChI is InChI=1S/C19H22O2/c1-19(2,15-6-4-3-5-7-15)18(20)14-8-10-16(11-9-14)21-17-12-13-17/h3-11,17-18,20H,12-13H2,1-2H3. The van der Waals surface area contributed by atoms with Crippen LogP contribution in [-0.4, -0.2) is 11.2 Å². The summed E-state index contributed by atoms with van der Waals surface area (Å²) in [4.78, 5) is 0. The van der Waals surface area contributed by atoms with Crippen molar-refractivity contribution < 1.29 is 9.84 Å². The Hall–Kier alpha value is -1.80. The second-order valence-corrected chi connectivity index (χ2v) is 6.38. The van der Waals surface area contributed by atoms with Crippen LogP contribution >= 0.6 is 0 Å². The van der Waals surface area contributed by atoms with Gasteiger partial charge in [-0.1, -0.05) is 56.3 Å². The third-order valence-electron chi connectivity index (χ3n) is 4.22. The Morgan fingerprint density at radius 2 is 1.62 bits per heavy atom. The Morgan fingerprint density at radius 1 is 1.00 bits per heavy atom. The molecule has 0 aliphatic heterocycles. The number of benzene rings is 2. The van der Waals surface area contributed by atoms with Gasteiger partial charge >= 0.3 is 0 Å². The predicted molar refractivity (Wildman–Crippen MR) is 84.5 cm³/mol. The molecule has 0 bridgehead atoms. The molecule has 0 spiro atoms. The molecule has 0 heterocycles. The van der Waals surface area contributed by atoms with Crippen molar-refractivity contribution in [1.29, 1.82) is 0 Å². The zero-order valence-electron chi connectivity index (χ0n) is 12.6. The molecule has 1 aliphatic carbocycles. The number of aliphatic hydroxyl groups excluding tert-OH is 1. The summed E-state index contributed by atoms with van der Waals surface area (Å²) >= 11 is 0. The third kappa shape index (κ3) is 3.11. The van der Waals surface area contributed by atoms with Crippen LogP contribution in [0.4, 0.5) is 0 Å². The second kappa shape index (κ2) is 5.53. The number of hydrogen-bond acceptors (Lipinski definition) is 2. The maximum absolute atomic E-state index is 10.7. The first-order chi connectivity index (χ1) is 10.1. The van der Waals surface area contributed by atoms with Gasteiger partial charge in [0, 0.05) is 5.41 Å². The molecule has 0 aromatic heterocycles. The van der Waals surface area contributed by atoms with E-state index in [2.05, 4.69) is 26.0 Å². The number of ether oxygens (including phenoxy) is 1. The van der Waals surface area contributed by atoms with Crippen LogP contribution < -0.4 is 4.74 Å². The summed E-state index contributed by atoms with van der Waals surface area (Å²) in [6.45, 7) is 4.14. The average Bonchev–Trinajstić information content (AvgIpc) is 3.32. The van der Waals surface area contributed by atoms with Gasteiger partial charge in [0.25, 0.3) is 0 Å². The van der Waals surface area contributed by atoms with Crippen LogP contribution in [0.25, 0.3) is 0 Å². The molecule has 0 amide bonds. The monoisotopic (exact) mass is 282 g/mol. The van der Waals surface area contributed by atoms with Crippen molar-refractivity contribution in [2.24, 2.45) is 0 Å². The van der Waals surface area contributed by atoms with Crippen LogP contribution in [0.15, 0.2) is 54.6 Å².